The predicted molar refractivity (Wildman–Crippen MR) is 112 cm³/mol. The van der Waals surface area contributed by atoms with Crippen LogP contribution in [-0.4, -0.2) is 27.7 Å². The van der Waals surface area contributed by atoms with E-state index in [1.807, 2.05) is 31.2 Å². The molecule has 4 rings (SSSR count). The van der Waals surface area contributed by atoms with Crippen molar-refractivity contribution in [2.75, 3.05) is 6.61 Å². The van der Waals surface area contributed by atoms with Gasteiger partial charge in [0, 0.05) is 10.4 Å². The quantitative estimate of drug-likeness (QED) is 0.403. The van der Waals surface area contributed by atoms with Gasteiger partial charge in [-0.2, -0.15) is 4.98 Å². The van der Waals surface area contributed by atoms with Gasteiger partial charge in [-0.25, -0.2) is 4.79 Å². The Balaban J connectivity index is 1.50. The van der Waals surface area contributed by atoms with Gasteiger partial charge in [-0.1, -0.05) is 28.9 Å². The zero-order chi connectivity index (χ0) is 21.1. The highest BCUT2D eigenvalue weighted by Crippen LogP contribution is 2.27. The molecule has 7 nitrogen and oxygen atoms in total. The van der Waals surface area contributed by atoms with Crippen LogP contribution in [0.3, 0.4) is 0 Å². The van der Waals surface area contributed by atoms with Crippen LogP contribution in [-0.2, 0) is 11.3 Å². The maximum absolute atomic E-state index is 12.6. The Morgan fingerprint density at radius 1 is 1.13 bits per heavy atom. The summed E-state index contributed by atoms with van der Waals surface area (Å²) in [5, 5.41) is 5.29. The molecule has 0 unspecified atom stereocenters. The van der Waals surface area contributed by atoms with Crippen molar-refractivity contribution >= 4 is 28.5 Å². The smallest absolute Gasteiger partial charge is 0.340 e. The molecule has 0 aliphatic rings. The minimum Gasteiger partial charge on any atom is -0.493 e. The van der Waals surface area contributed by atoms with Gasteiger partial charge >= 0.3 is 5.97 Å². The van der Waals surface area contributed by atoms with Crippen molar-refractivity contribution < 1.29 is 18.8 Å². The molecule has 0 spiro atoms. The maximum atomic E-state index is 12.6. The van der Waals surface area contributed by atoms with Gasteiger partial charge in [0.25, 0.3) is 5.89 Å². The summed E-state index contributed by atoms with van der Waals surface area (Å²) in [6.45, 7) is 4.01. The lowest BCUT2D eigenvalue weighted by atomic mass is 10.1. The molecular weight excluding hydrogens is 406 g/mol. The second kappa shape index (κ2) is 8.51. The number of pyridine rings is 1. The molecule has 0 fully saturated rings. The van der Waals surface area contributed by atoms with E-state index in [1.54, 1.807) is 31.2 Å². The number of hydrogen-bond donors (Lipinski definition) is 0. The fraction of sp³-hybridized carbons (Fsp3) is 0.182. The minimum atomic E-state index is -0.531. The summed E-state index contributed by atoms with van der Waals surface area (Å²) in [5.41, 5.74) is 2.37. The standard InChI is InChI=1S/C22H18ClN3O4/c1-3-28-19-7-5-4-6-16(19)21-25-20(30-26-21)12-29-22(27)17-11-14-10-15(23)8-9-18(14)24-13(17)2/h4-11H,3,12H2,1-2H3. The highest BCUT2D eigenvalue weighted by atomic mass is 35.5. The first-order valence-corrected chi connectivity index (χ1v) is 9.71. The summed E-state index contributed by atoms with van der Waals surface area (Å²) in [4.78, 5) is 21.3. The summed E-state index contributed by atoms with van der Waals surface area (Å²) in [6, 6.07) is 14.4. The number of esters is 1. The fourth-order valence-electron chi connectivity index (χ4n) is 3.01. The number of para-hydroxylation sites is 1. The van der Waals surface area contributed by atoms with Crippen molar-refractivity contribution in [2.24, 2.45) is 0 Å². The molecule has 152 valence electrons. The minimum absolute atomic E-state index is 0.157. The summed E-state index contributed by atoms with van der Waals surface area (Å²) >= 11 is 6.03. The van der Waals surface area contributed by atoms with Gasteiger partial charge in [0.05, 0.1) is 28.9 Å². The Labute approximate surface area is 177 Å². The number of carbonyl (C=O) groups excluding carboxylic acids is 1. The largest absolute Gasteiger partial charge is 0.493 e. The van der Waals surface area contributed by atoms with Crippen LogP contribution >= 0.6 is 11.6 Å². The lowest BCUT2D eigenvalue weighted by molar-refractivity contribution is 0.0428. The summed E-state index contributed by atoms with van der Waals surface area (Å²) in [7, 11) is 0. The van der Waals surface area contributed by atoms with E-state index in [-0.39, 0.29) is 12.5 Å². The molecule has 0 radical (unpaired) electrons. The third kappa shape index (κ3) is 4.11. The van der Waals surface area contributed by atoms with Gasteiger partial charge in [-0.3, -0.25) is 4.98 Å². The Morgan fingerprint density at radius 2 is 1.97 bits per heavy atom. The molecule has 4 aromatic rings. The van der Waals surface area contributed by atoms with Gasteiger partial charge in [0.15, 0.2) is 6.61 Å². The van der Waals surface area contributed by atoms with E-state index in [9.17, 15) is 4.79 Å². The van der Waals surface area contributed by atoms with Gasteiger partial charge in [-0.15, -0.1) is 0 Å². The molecule has 0 saturated heterocycles. The van der Waals surface area contributed by atoms with Gasteiger partial charge in [0.1, 0.15) is 5.75 Å². The van der Waals surface area contributed by atoms with E-state index >= 15 is 0 Å². The number of fused-ring (bicyclic) bond motifs is 1. The number of ether oxygens (including phenoxy) is 2. The van der Waals surface area contributed by atoms with Gasteiger partial charge in [0.2, 0.25) is 5.82 Å². The SMILES string of the molecule is CCOc1ccccc1-c1noc(COC(=O)c2cc3cc(Cl)ccc3nc2C)n1. The van der Waals surface area contributed by atoms with Crippen molar-refractivity contribution in [1.82, 2.24) is 15.1 Å². The average Bonchev–Trinajstić information content (AvgIpc) is 3.21. The van der Waals surface area contributed by atoms with Crippen molar-refractivity contribution in [3.63, 3.8) is 0 Å². The fourth-order valence-corrected chi connectivity index (χ4v) is 3.19. The molecule has 2 aromatic heterocycles. The Morgan fingerprint density at radius 3 is 2.80 bits per heavy atom. The third-order valence-electron chi connectivity index (χ3n) is 4.41. The first-order valence-electron chi connectivity index (χ1n) is 9.34. The van der Waals surface area contributed by atoms with Crippen LogP contribution < -0.4 is 4.74 Å². The summed E-state index contributed by atoms with van der Waals surface area (Å²) in [6.07, 6.45) is 0. The molecule has 0 bridgehead atoms. The van der Waals surface area contributed by atoms with E-state index in [2.05, 4.69) is 15.1 Å². The first kappa shape index (κ1) is 19.8. The molecule has 0 aliphatic carbocycles. The van der Waals surface area contributed by atoms with Crippen molar-refractivity contribution in [3.05, 3.63) is 70.7 Å². The Hall–Kier alpha value is -3.45. The van der Waals surface area contributed by atoms with Crippen molar-refractivity contribution in [2.45, 2.75) is 20.5 Å². The zero-order valence-electron chi connectivity index (χ0n) is 16.4. The normalized spacial score (nSPS) is 10.9. The number of nitrogens with zero attached hydrogens (tertiary/aromatic N) is 3. The van der Waals surface area contributed by atoms with Crippen LogP contribution in [0.15, 0.2) is 53.1 Å². The zero-order valence-corrected chi connectivity index (χ0v) is 17.1. The first-order chi connectivity index (χ1) is 14.5. The van der Waals surface area contributed by atoms with Crippen molar-refractivity contribution in [3.8, 4) is 17.1 Å². The number of benzene rings is 2. The lowest BCUT2D eigenvalue weighted by Gasteiger charge is -2.07. The molecule has 0 N–H and O–H groups in total. The van der Waals surface area contributed by atoms with Crippen LogP contribution in [0.1, 0.15) is 28.9 Å². The van der Waals surface area contributed by atoms with E-state index in [4.69, 9.17) is 25.6 Å². The second-order valence-corrected chi connectivity index (χ2v) is 6.91. The number of rotatable bonds is 6. The second-order valence-electron chi connectivity index (χ2n) is 6.48. The van der Waals surface area contributed by atoms with Crippen molar-refractivity contribution in [1.29, 1.82) is 0 Å². The molecular formula is C22H18ClN3O4. The van der Waals surface area contributed by atoms with Crippen LogP contribution in [0.25, 0.3) is 22.3 Å². The molecule has 2 heterocycles. The van der Waals surface area contributed by atoms with Gasteiger partial charge < -0.3 is 14.0 Å². The average molecular weight is 424 g/mol. The highest BCUT2D eigenvalue weighted by molar-refractivity contribution is 6.31. The van der Waals surface area contributed by atoms with Crippen LogP contribution in [0.2, 0.25) is 5.02 Å². The van der Waals surface area contributed by atoms with E-state index in [0.717, 1.165) is 10.9 Å². The van der Waals surface area contributed by atoms with Gasteiger partial charge in [-0.05, 0) is 50.2 Å². The van der Waals surface area contributed by atoms with E-state index in [0.29, 0.717) is 40.0 Å². The molecule has 0 saturated carbocycles. The lowest BCUT2D eigenvalue weighted by Crippen LogP contribution is -2.08. The molecule has 0 aliphatic heterocycles. The molecule has 0 atom stereocenters. The van der Waals surface area contributed by atoms with Crippen LogP contribution in [0.4, 0.5) is 0 Å². The molecule has 0 amide bonds. The Bertz CT molecular complexity index is 1220. The van der Waals surface area contributed by atoms with E-state index < -0.39 is 5.97 Å². The number of aryl methyl sites for hydroxylation is 1. The highest BCUT2D eigenvalue weighted by Gasteiger charge is 2.17. The Kier molecular flexibility index (Phi) is 5.63. The number of hydrogen-bond acceptors (Lipinski definition) is 7. The van der Waals surface area contributed by atoms with Crippen LogP contribution in [0, 0.1) is 6.92 Å². The van der Waals surface area contributed by atoms with Crippen LogP contribution in [0.5, 0.6) is 5.75 Å². The topological polar surface area (TPSA) is 87.3 Å². The molecule has 2 aromatic carbocycles. The summed E-state index contributed by atoms with van der Waals surface area (Å²) < 4.78 is 16.2. The number of carbonyl (C=O) groups is 1. The monoisotopic (exact) mass is 423 g/mol. The summed E-state index contributed by atoms with van der Waals surface area (Å²) in [5.74, 6) is 0.666. The maximum Gasteiger partial charge on any atom is 0.340 e. The molecule has 30 heavy (non-hydrogen) atoms. The predicted octanol–water partition coefficient (Wildman–Crippen LogP) is 5.00. The molecule has 8 heteroatoms. The van der Waals surface area contributed by atoms with E-state index in [1.165, 1.54) is 0 Å². The number of aromatic nitrogens is 3. The number of halogens is 1. The third-order valence-corrected chi connectivity index (χ3v) is 4.65.